The van der Waals surface area contributed by atoms with Crippen LogP contribution >= 0.6 is 27.3 Å². The van der Waals surface area contributed by atoms with Crippen LogP contribution in [0.5, 0.6) is 0 Å². The number of hydrogen-bond donors (Lipinski definition) is 0. The molecule has 0 aliphatic carbocycles. The number of carbonyl (C=O) groups is 1. The van der Waals surface area contributed by atoms with E-state index in [1.54, 1.807) is 18.2 Å². The number of amides is 1. The van der Waals surface area contributed by atoms with E-state index in [9.17, 15) is 9.59 Å². The number of hydrogen-bond acceptors (Lipinski definition) is 6. The molecule has 1 amide bonds. The molecule has 3 heterocycles. The fraction of sp³-hybridized carbons (Fsp3) is 0.182. The smallest absolute Gasteiger partial charge is 0.297 e. The van der Waals surface area contributed by atoms with E-state index in [1.807, 2.05) is 30.3 Å². The van der Waals surface area contributed by atoms with Crippen molar-refractivity contribution in [2.24, 2.45) is 0 Å². The van der Waals surface area contributed by atoms with E-state index in [-0.39, 0.29) is 17.1 Å². The fourth-order valence-corrected chi connectivity index (χ4v) is 5.08. The van der Waals surface area contributed by atoms with Crippen LogP contribution < -0.4 is 10.3 Å². The van der Waals surface area contributed by atoms with Crippen molar-refractivity contribution in [3.63, 3.8) is 0 Å². The summed E-state index contributed by atoms with van der Waals surface area (Å²) in [4.78, 5) is 28.5. The second-order valence-electron chi connectivity index (χ2n) is 7.03. The Kier molecular flexibility index (Phi) is 4.75. The highest BCUT2D eigenvalue weighted by Gasteiger charge is 2.45. The summed E-state index contributed by atoms with van der Waals surface area (Å²) in [5, 5.41) is 10.2. The second kappa shape index (κ2) is 7.45. The molecule has 0 bridgehead atoms. The normalized spacial score (nSPS) is 15.7. The van der Waals surface area contributed by atoms with Crippen molar-refractivity contribution in [1.29, 1.82) is 0 Å². The Bertz CT molecular complexity index is 1330. The van der Waals surface area contributed by atoms with Crippen LogP contribution in [0.4, 0.5) is 5.13 Å². The molecule has 2 aromatic carbocycles. The lowest BCUT2D eigenvalue weighted by atomic mass is 9.99. The zero-order chi connectivity index (χ0) is 20.8. The van der Waals surface area contributed by atoms with Gasteiger partial charge in [-0.05, 0) is 30.2 Å². The van der Waals surface area contributed by atoms with Gasteiger partial charge in [-0.15, -0.1) is 10.2 Å². The van der Waals surface area contributed by atoms with E-state index in [0.29, 0.717) is 21.7 Å². The Morgan fingerprint density at radius 1 is 1.13 bits per heavy atom. The molecular formula is C22H16BrN3O3S. The molecule has 0 radical (unpaired) electrons. The lowest BCUT2D eigenvalue weighted by Crippen LogP contribution is -2.29. The number of benzene rings is 2. The molecule has 0 saturated heterocycles. The van der Waals surface area contributed by atoms with Gasteiger partial charge in [0.2, 0.25) is 10.9 Å². The van der Waals surface area contributed by atoms with Gasteiger partial charge in [0.15, 0.2) is 5.43 Å². The van der Waals surface area contributed by atoms with Crippen LogP contribution in [0.1, 0.15) is 46.1 Å². The standard InChI is InChI=1S/C22H16BrN3O3S/c1-2-6-16-24-25-22(30-16)26-18(12-7-4-3-5-8-12)17-19(27)14-11-13(23)9-10-15(14)29-20(17)21(26)28/h3-5,7-11,18H,2,6H2,1H3. The first-order valence-electron chi connectivity index (χ1n) is 9.55. The van der Waals surface area contributed by atoms with Gasteiger partial charge in [0, 0.05) is 10.9 Å². The summed E-state index contributed by atoms with van der Waals surface area (Å²) in [6.45, 7) is 2.07. The highest BCUT2D eigenvalue weighted by atomic mass is 79.9. The van der Waals surface area contributed by atoms with E-state index in [1.165, 1.54) is 16.2 Å². The molecule has 4 aromatic rings. The van der Waals surface area contributed by atoms with Gasteiger partial charge >= 0.3 is 0 Å². The highest BCUT2D eigenvalue weighted by molar-refractivity contribution is 9.10. The molecule has 1 atom stereocenters. The molecule has 5 rings (SSSR count). The second-order valence-corrected chi connectivity index (χ2v) is 8.99. The summed E-state index contributed by atoms with van der Waals surface area (Å²) in [6, 6.07) is 14.1. The van der Waals surface area contributed by atoms with Crippen molar-refractivity contribution in [3.8, 4) is 0 Å². The molecule has 6 nitrogen and oxygen atoms in total. The molecule has 0 fully saturated rings. The van der Waals surface area contributed by atoms with Crippen LogP contribution in [0, 0.1) is 0 Å². The van der Waals surface area contributed by atoms with E-state index in [0.717, 1.165) is 27.9 Å². The molecule has 0 spiro atoms. The monoisotopic (exact) mass is 481 g/mol. The zero-order valence-corrected chi connectivity index (χ0v) is 18.4. The van der Waals surface area contributed by atoms with Crippen LogP contribution in [0.3, 0.4) is 0 Å². The van der Waals surface area contributed by atoms with Crippen LogP contribution in [0.15, 0.2) is 62.2 Å². The molecule has 8 heteroatoms. The van der Waals surface area contributed by atoms with Gasteiger partial charge < -0.3 is 4.42 Å². The molecule has 0 N–H and O–H groups in total. The van der Waals surface area contributed by atoms with Crippen LogP contribution in [0.2, 0.25) is 0 Å². The van der Waals surface area contributed by atoms with E-state index < -0.39 is 6.04 Å². The maximum Gasteiger partial charge on any atom is 0.297 e. The Balaban J connectivity index is 1.77. The van der Waals surface area contributed by atoms with Gasteiger partial charge in [0.05, 0.1) is 17.0 Å². The van der Waals surface area contributed by atoms with Crippen molar-refractivity contribution in [3.05, 3.63) is 85.1 Å². The molecule has 1 unspecified atom stereocenters. The summed E-state index contributed by atoms with van der Waals surface area (Å²) >= 11 is 4.78. The Hall–Kier alpha value is -2.84. The summed E-state index contributed by atoms with van der Waals surface area (Å²) in [7, 11) is 0. The molecule has 2 aromatic heterocycles. The Labute approximate surface area is 184 Å². The predicted molar refractivity (Wildman–Crippen MR) is 119 cm³/mol. The number of halogens is 1. The van der Waals surface area contributed by atoms with Gasteiger partial charge in [-0.1, -0.05) is 64.5 Å². The number of rotatable bonds is 4. The van der Waals surface area contributed by atoms with Crippen molar-refractivity contribution in [1.82, 2.24) is 10.2 Å². The molecule has 30 heavy (non-hydrogen) atoms. The minimum atomic E-state index is -0.615. The molecule has 0 saturated carbocycles. The average Bonchev–Trinajstić information content (AvgIpc) is 3.32. The quantitative estimate of drug-likeness (QED) is 0.404. The number of aryl methyl sites for hydroxylation is 1. The van der Waals surface area contributed by atoms with Crippen molar-refractivity contribution < 1.29 is 9.21 Å². The van der Waals surface area contributed by atoms with Gasteiger partial charge in [0.1, 0.15) is 10.6 Å². The number of carbonyl (C=O) groups excluding carboxylic acids is 1. The van der Waals surface area contributed by atoms with Crippen LogP contribution in [0.25, 0.3) is 11.0 Å². The summed E-state index contributed by atoms with van der Waals surface area (Å²) < 4.78 is 6.73. The average molecular weight is 482 g/mol. The van der Waals surface area contributed by atoms with E-state index in [4.69, 9.17) is 4.42 Å². The summed E-state index contributed by atoms with van der Waals surface area (Å²) in [6.07, 6.45) is 1.73. The zero-order valence-electron chi connectivity index (χ0n) is 16.0. The number of fused-ring (bicyclic) bond motifs is 2. The SMILES string of the molecule is CCCc1nnc(N2C(=O)c3oc4ccc(Br)cc4c(=O)c3C2c2ccccc2)s1. The molecule has 1 aliphatic heterocycles. The largest absolute Gasteiger partial charge is 0.450 e. The Morgan fingerprint density at radius 3 is 2.70 bits per heavy atom. The summed E-state index contributed by atoms with van der Waals surface area (Å²) in [5.41, 5.74) is 1.32. The lowest BCUT2D eigenvalue weighted by Gasteiger charge is -2.21. The molecule has 150 valence electrons. The van der Waals surface area contributed by atoms with Gasteiger partial charge in [-0.25, -0.2) is 0 Å². The third kappa shape index (κ3) is 2.98. The number of aromatic nitrogens is 2. The van der Waals surface area contributed by atoms with Gasteiger partial charge in [-0.2, -0.15) is 0 Å². The first-order valence-corrected chi connectivity index (χ1v) is 11.2. The van der Waals surface area contributed by atoms with Gasteiger partial charge in [0.25, 0.3) is 5.91 Å². The van der Waals surface area contributed by atoms with Crippen molar-refractivity contribution in [2.45, 2.75) is 25.8 Å². The first-order chi connectivity index (χ1) is 14.6. The maximum atomic E-state index is 13.5. The minimum absolute atomic E-state index is 0.0657. The van der Waals surface area contributed by atoms with Crippen molar-refractivity contribution in [2.75, 3.05) is 4.90 Å². The first kappa shape index (κ1) is 19.1. The number of nitrogens with zero attached hydrogens (tertiary/aromatic N) is 3. The minimum Gasteiger partial charge on any atom is -0.450 e. The lowest BCUT2D eigenvalue weighted by molar-refractivity contribution is 0.0970. The Morgan fingerprint density at radius 2 is 1.93 bits per heavy atom. The third-order valence-corrected chi connectivity index (χ3v) is 6.55. The van der Waals surface area contributed by atoms with Crippen molar-refractivity contribution >= 4 is 49.3 Å². The fourth-order valence-electron chi connectivity index (χ4n) is 3.75. The number of anilines is 1. The van der Waals surface area contributed by atoms with E-state index >= 15 is 0 Å². The predicted octanol–water partition coefficient (Wildman–Crippen LogP) is 5.11. The van der Waals surface area contributed by atoms with Crippen LogP contribution in [-0.2, 0) is 6.42 Å². The highest BCUT2D eigenvalue weighted by Crippen LogP contribution is 2.42. The topological polar surface area (TPSA) is 76.3 Å². The van der Waals surface area contributed by atoms with E-state index in [2.05, 4.69) is 33.1 Å². The third-order valence-electron chi connectivity index (χ3n) is 5.07. The van der Waals surface area contributed by atoms with Crippen LogP contribution in [-0.4, -0.2) is 16.1 Å². The molecular weight excluding hydrogens is 466 g/mol. The van der Waals surface area contributed by atoms with Gasteiger partial charge in [-0.3, -0.25) is 14.5 Å². The summed E-state index contributed by atoms with van der Waals surface area (Å²) in [5.74, 6) is -0.309. The molecule has 1 aliphatic rings. The maximum absolute atomic E-state index is 13.5.